The maximum Gasteiger partial charge on any atom is 0.238 e. The number of anilines is 1. The summed E-state index contributed by atoms with van der Waals surface area (Å²) in [5.41, 5.74) is 1.76. The average Bonchev–Trinajstić information content (AvgIpc) is 2.48. The minimum absolute atomic E-state index is 0.132. The number of rotatable bonds is 6. The van der Waals surface area contributed by atoms with Crippen LogP contribution in [0.4, 0.5) is 5.69 Å². The lowest BCUT2D eigenvalue weighted by Gasteiger charge is -2.17. The van der Waals surface area contributed by atoms with E-state index in [-0.39, 0.29) is 18.5 Å². The molecule has 5 heteroatoms. The van der Waals surface area contributed by atoms with Gasteiger partial charge in [0.1, 0.15) is 0 Å². The maximum atomic E-state index is 12.0. The van der Waals surface area contributed by atoms with Crippen LogP contribution in [0.3, 0.4) is 0 Å². The fourth-order valence-electron chi connectivity index (χ4n) is 2.23. The molecule has 22 heavy (non-hydrogen) atoms. The summed E-state index contributed by atoms with van der Waals surface area (Å²) < 4.78 is 0. The molecule has 0 fully saturated rings. The highest BCUT2D eigenvalue weighted by Crippen LogP contribution is 2.22. The Labute approximate surface area is 140 Å². The topological polar surface area (TPSA) is 41.1 Å². The summed E-state index contributed by atoms with van der Waals surface area (Å²) in [6.45, 7) is 2.30. The fraction of sp³-hybridized carbons (Fsp3) is 0.235. The molecular formula is C17H18Cl2N2O. The van der Waals surface area contributed by atoms with E-state index in [1.54, 1.807) is 18.2 Å². The van der Waals surface area contributed by atoms with Gasteiger partial charge in [-0.3, -0.25) is 4.79 Å². The molecule has 1 unspecified atom stereocenters. The van der Waals surface area contributed by atoms with Gasteiger partial charge < -0.3 is 10.6 Å². The zero-order valence-corrected chi connectivity index (χ0v) is 13.8. The Morgan fingerprint density at radius 2 is 1.73 bits per heavy atom. The van der Waals surface area contributed by atoms with E-state index in [1.807, 2.05) is 18.2 Å². The van der Waals surface area contributed by atoms with Crippen LogP contribution in [0, 0.1) is 0 Å². The molecule has 3 nitrogen and oxygen atoms in total. The summed E-state index contributed by atoms with van der Waals surface area (Å²) in [5, 5.41) is 7.03. The van der Waals surface area contributed by atoms with Crippen molar-refractivity contribution in [3.63, 3.8) is 0 Å². The largest absolute Gasteiger partial charge is 0.325 e. The van der Waals surface area contributed by atoms with Gasteiger partial charge in [0.2, 0.25) is 5.91 Å². The smallest absolute Gasteiger partial charge is 0.238 e. The molecule has 1 amide bonds. The zero-order chi connectivity index (χ0) is 15.9. The predicted molar refractivity (Wildman–Crippen MR) is 92.6 cm³/mol. The van der Waals surface area contributed by atoms with Gasteiger partial charge in [-0.05, 0) is 30.2 Å². The van der Waals surface area contributed by atoms with Crippen LogP contribution < -0.4 is 10.6 Å². The van der Waals surface area contributed by atoms with Gasteiger partial charge in [0, 0.05) is 21.8 Å². The van der Waals surface area contributed by atoms with Gasteiger partial charge in [0.15, 0.2) is 0 Å². The Morgan fingerprint density at radius 3 is 2.32 bits per heavy atom. The van der Waals surface area contributed by atoms with E-state index in [0.29, 0.717) is 15.7 Å². The summed E-state index contributed by atoms with van der Waals surface area (Å²) in [5.74, 6) is -0.132. The molecule has 2 rings (SSSR count). The van der Waals surface area contributed by atoms with E-state index in [2.05, 4.69) is 29.7 Å². The second-order valence-electron chi connectivity index (χ2n) is 4.96. The van der Waals surface area contributed by atoms with Gasteiger partial charge in [0.25, 0.3) is 0 Å². The third-order valence-corrected chi connectivity index (χ3v) is 3.70. The van der Waals surface area contributed by atoms with Crippen LogP contribution in [0.25, 0.3) is 0 Å². The molecule has 0 aliphatic rings. The van der Waals surface area contributed by atoms with Gasteiger partial charge in [-0.2, -0.15) is 0 Å². The zero-order valence-electron chi connectivity index (χ0n) is 12.3. The fourth-order valence-corrected chi connectivity index (χ4v) is 2.76. The lowest BCUT2D eigenvalue weighted by Crippen LogP contribution is -2.31. The number of benzene rings is 2. The number of hydrogen-bond donors (Lipinski definition) is 2. The lowest BCUT2D eigenvalue weighted by atomic mass is 10.0. The highest BCUT2D eigenvalue weighted by Gasteiger charge is 2.11. The van der Waals surface area contributed by atoms with Crippen LogP contribution in [0.1, 0.15) is 24.9 Å². The summed E-state index contributed by atoms with van der Waals surface area (Å²) in [6.07, 6.45) is 0.903. The quantitative estimate of drug-likeness (QED) is 0.804. The van der Waals surface area contributed by atoms with E-state index < -0.39 is 0 Å². The van der Waals surface area contributed by atoms with Crippen molar-refractivity contribution >= 4 is 34.8 Å². The van der Waals surface area contributed by atoms with Crippen molar-refractivity contribution in [2.75, 3.05) is 11.9 Å². The van der Waals surface area contributed by atoms with Crippen LogP contribution >= 0.6 is 23.2 Å². The Hall–Kier alpha value is -1.55. The van der Waals surface area contributed by atoms with Crippen molar-refractivity contribution in [3.8, 4) is 0 Å². The van der Waals surface area contributed by atoms with Gasteiger partial charge in [0.05, 0.1) is 6.54 Å². The first-order valence-electron chi connectivity index (χ1n) is 7.12. The van der Waals surface area contributed by atoms with Crippen molar-refractivity contribution in [3.05, 3.63) is 64.1 Å². The van der Waals surface area contributed by atoms with Crippen LogP contribution in [0.2, 0.25) is 10.0 Å². The highest BCUT2D eigenvalue weighted by molar-refractivity contribution is 6.35. The molecular weight excluding hydrogens is 319 g/mol. The number of halogens is 2. The number of amides is 1. The molecule has 2 aromatic rings. The molecule has 2 N–H and O–H groups in total. The van der Waals surface area contributed by atoms with Crippen molar-refractivity contribution in [2.24, 2.45) is 0 Å². The summed E-state index contributed by atoms with van der Waals surface area (Å²) in [6, 6.07) is 15.2. The highest BCUT2D eigenvalue weighted by atomic mass is 35.5. The molecule has 0 spiro atoms. The van der Waals surface area contributed by atoms with Gasteiger partial charge in [-0.15, -0.1) is 0 Å². The molecule has 0 bridgehead atoms. The second-order valence-corrected chi connectivity index (χ2v) is 5.83. The standard InChI is InChI=1S/C17H18Cl2N2O/c1-2-16(12-6-4-3-5-7-12)20-11-17(22)21-15-9-13(18)8-14(19)10-15/h3-10,16,20H,2,11H2,1H3,(H,21,22). The van der Waals surface area contributed by atoms with Crippen LogP contribution in [0.5, 0.6) is 0 Å². The molecule has 0 aromatic heterocycles. The minimum atomic E-state index is -0.132. The summed E-state index contributed by atoms with van der Waals surface area (Å²) in [4.78, 5) is 12.0. The third kappa shape index (κ3) is 5.02. The molecule has 0 aliphatic heterocycles. The first-order chi connectivity index (χ1) is 10.6. The molecule has 1 atom stereocenters. The maximum absolute atomic E-state index is 12.0. The van der Waals surface area contributed by atoms with Crippen molar-refractivity contribution in [1.82, 2.24) is 5.32 Å². The van der Waals surface area contributed by atoms with Crippen molar-refractivity contribution in [2.45, 2.75) is 19.4 Å². The molecule has 0 aliphatic carbocycles. The van der Waals surface area contributed by atoms with E-state index in [1.165, 1.54) is 5.56 Å². The molecule has 116 valence electrons. The lowest BCUT2D eigenvalue weighted by molar-refractivity contribution is -0.115. The summed E-state index contributed by atoms with van der Waals surface area (Å²) >= 11 is 11.8. The molecule has 0 saturated carbocycles. The molecule has 0 saturated heterocycles. The minimum Gasteiger partial charge on any atom is -0.325 e. The van der Waals surface area contributed by atoms with Gasteiger partial charge >= 0.3 is 0 Å². The Bertz CT molecular complexity index is 612. The monoisotopic (exact) mass is 336 g/mol. The first kappa shape index (κ1) is 16.8. The van der Waals surface area contributed by atoms with Gasteiger partial charge in [-0.1, -0.05) is 60.5 Å². The predicted octanol–water partition coefficient (Wildman–Crippen LogP) is 4.67. The Morgan fingerprint density at radius 1 is 1.09 bits per heavy atom. The second kappa shape index (κ2) is 8.18. The first-order valence-corrected chi connectivity index (χ1v) is 7.88. The van der Waals surface area contributed by atoms with Crippen LogP contribution in [-0.4, -0.2) is 12.5 Å². The van der Waals surface area contributed by atoms with Gasteiger partial charge in [-0.25, -0.2) is 0 Å². The molecule has 0 radical (unpaired) electrons. The number of nitrogens with one attached hydrogen (secondary N) is 2. The number of hydrogen-bond acceptors (Lipinski definition) is 2. The number of carbonyl (C=O) groups is 1. The summed E-state index contributed by atoms with van der Waals surface area (Å²) in [7, 11) is 0. The van der Waals surface area contributed by atoms with E-state index in [4.69, 9.17) is 23.2 Å². The number of carbonyl (C=O) groups excluding carboxylic acids is 1. The Kier molecular flexibility index (Phi) is 6.25. The van der Waals surface area contributed by atoms with Crippen molar-refractivity contribution in [1.29, 1.82) is 0 Å². The average molecular weight is 337 g/mol. The van der Waals surface area contributed by atoms with Crippen molar-refractivity contribution < 1.29 is 4.79 Å². The Balaban J connectivity index is 1.91. The normalized spacial score (nSPS) is 12.0. The SMILES string of the molecule is CCC(NCC(=O)Nc1cc(Cl)cc(Cl)c1)c1ccccc1. The van der Waals surface area contributed by atoms with E-state index >= 15 is 0 Å². The van der Waals surface area contributed by atoms with Crippen LogP contribution in [-0.2, 0) is 4.79 Å². The third-order valence-electron chi connectivity index (χ3n) is 3.27. The van der Waals surface area contributed by atoms with E-state index in [0.717, 1.165) is 6.42 Å². The van der Waals surface area contributed by atoms with E-state index in [9.17, 15) is 4.79 Å². The van der Waals surface area contributed by atoms with Crippen LogP contribution in [0.15, 0.2) is 48.5 Å². The molecule has 2 aromatic carbocycles. The molecule has 0 heterocycles.